The number of piperazine rings is 1. The maximum atomic E-state index is 12.8. The third-order valence-electron chi connectivity index (χ3n) is 5.97. The number of rotatable bonds is 5. The average Bonchev–Trinajstić information content (AvgIpc) is 3.24. The van der Waals surface area contributed by atoms with Crippen LogP contribution in [0.3, 0.4) is 0 Å². The predicted octanol–water partition coefficient (Wildman–Crippen LogP) is 2.88. The molecular formula is C24H26N6O2. The van der Waals surface area contributed by atoms with Gasteiger partial charge in [0.15, 0.2) is 5.65 Å². The lowest BCUT2D eigenvalue weighted by Crippen LogP contribution is -2.49. The number of methoxy groups -OCH3 is 1. The lowest BCUT2D eigenvalue weighted by molar-refractivity contribution is -0.131. The number of benzene rings is 2. The summed E-state index contributed by atoms with van der Waals surface area (Å²) in [6, 6.07) is 15.9. The number of amides is 1. The van der Waals surface area contributed by atoms with Gasteiger partial charge in [-0.25, -0.2) is 9.97 Å². The molecule has 1 fully saturated rings. The molecule has 0 aliphatic carbocycles. The second-order valence-corrected chi connectivity index (χ2v) is 8.04. The summed E-state index contributed by atoms with van der Waals surface area (Å²) < 4.78 is 7.03. The van der Waals surface area contributed by atoms with Crippen molar-refractivity contribution in [3.63, 3.8) is 0 Å². The molecule has 1 aliphatic rings. The van der Waals surface area contributed by atoms with Crippen molar-refractivity contribution >= 4 is 28.4 Å². The number of anilines is 1. The van der Waals surface area contributed by atoms with Gasteiger partial charge >= 0.3 is 0 Å². The number of ether oxygens (including phenoxy) is 1. The molecule has 5 rings (SSSR count). The zero-order valence-electron chi connectivity index (χ0n) is 18.4. The van der Waals surface area contributed by atoms with Crippen molar-refractivity contribution < 1.29 is 9.53 Å². The molecule has 2 aromatic heterocycles. The second-order valence-electron chi connectivity index (χ2n) is 8.04. The normalized spacial score (nSPS) is 14.3. The van der Waals surface area contributed by atoms with E-state index in [0.29, 0.717) is 32.6 Å². The molecule has 0 N–H and O–H groups in total. The molecule has 32 heavy (non-hydrogen) atoms. The van der Waals surface area contributed by atoms with Gasteiger partial charge in [0, 0.05) is 38.0 Å². The van der Waals surface area contributed by atoms with Gasteiger partial charge in [-0.1, -0.05) is 24.3 Å². The van der Waals surface area contributed by atoms with Crippen LogP contribution < -0.4 is 9.64 Å². The van der Waals surface area contributed by atoms with Gasteiger partial charge in [0.25, 0.3) is 0 Å². The Morgan fingerprint density at radius 1 is 1.00 bits per heavy atom. The standard InChI is InChI=1S/C24H26N6O2/c1-17-25-23-20-5-3-4-6-21(20)26-24(30(23)27-17)29-15-13-28(14-16-29)22(31)12-9-18-7-10-19(32-2)11-8-18/h3-8,10-11H,9,12-16H2,1-2H3. The first-order chi connectivity index (χ1) is 15.6. The summed E-state index contributed by atoms with van der Waals surface area (Å²) in [4.78, 5) is 26.4. The summed E-state index contributed by atoms with van der Waals surface area (Å²) in [7, 11) is 1.65. The fourth-order valence-corrected chi connectivity index (χ4v) is 4.21. The molecule has 3 heterocycles. The van der Waals surface area contributed by atoms with E-state index in [2.05, 4.69) is 15.0 Å². The molecule has 0 bridgehead atoms. The molecule has 0 atom stereocenters. The molecule has 0 spiro atoms. The second kappa shape index (κ2) is 8.45. The van der Waals surface area contributed by atoms with E-state index < -0.39 is 0 Å². The Labute approximate surface area is 186 Å². The summed E-state index contributed by atoms with van der Waals surface area (Å²) in [5.41, 5.74) is 2.86. The molecule has 8 heteroatoms. The Balaban J connectivity index is 1.27. The number of carbonyl (C=O) groups excluding carboxylic acids is 1. The van der Waals surface area contributed by atoms with E-state index in [1.165, 1.54) is 0 Å². The molecule has 2 aromatic carbocycles. The largest absolute Gasteiger partial charge is 0.497 e. The van der Waals surface area contributed by atoms with Crippen LogP contribution >= 0.6 is 0 Å². The SMILES string of the molecule is COc1ccc(CCC(=O)N2CCN(c3nc4ccccc4c4nc(C)nn34)CC2)cc1. The van der Waals surface area contributed by atoms with Crippen molar-refractivity contribution in [1.29, 1.82) is 0 Å². The average molecular weight is 431 g/mol. The molecule has 8 nitrogen and oxygen atoms in total. The molecule has 0 saturated carbocycles. The lowest BCUT2D eigenvalue weighted by atomic mass is 10.1. The maximum Gasteiger partial charge on any atom is 0.229 e. The van der Waals surface area contributed by atoms with Crippen molar-refractivity contribution in [1.82, 2.24) is 24.5 Å². The topological polar surface area (TPSA) is 75.9 Å². The lowest BCUT2D eigenvalue weighted by Gasteiger charge is -2.35. The summed E-state index contributed by atoms with van der Waals surface area (Å²) in [6.07, 6.45) is 1.24. The number of fused-ring (bicyclic) bond motifs is 3. The molecule has 1 saturated heterocycles. The zero-order valence-corrected chi connectivity index (χ0v) is 18.4. The van der Waals surface area contributed by atoms with Gasteiger partial charge in [0.2, 0.25) is 11.9 Å². The number of nitrogens with zero attached hydrogens (tertiary/aromatic N) is 6. The van der Waals surface area contributed by atoms with Crippen LogP contribution in [0.2, 0.25) is 0 Å². The van der Waals surface area contributed by atoms with Gasteiger partial charge in [-0.2, -0.15) is 4.52 Å². The third-order valence-corrected chi connectivity index (χ3v) is 5.97. The maximum absolute atomic E-state index is 12.8. The predicted molar refractivity (Wildman–Crippen MR) is 123 cm³/mol. The first-order valence-corrected chi connectivity index (χ1v) is 10.9. The molecule has 1 amide bonds. The Morgan fingerprint density at radius 2 is 1.75 bits per heavy atom. The van der Waals surface area contributed by atoms with Crippen LogP contribution in [0.25, 0.3) is 16.6 Å². The van der Waals surface area contributed by atoms with Crippen molar-refractivity contribution in [2.45, 2.75) is 19.8 Å². The minimum absolute atomic E-state index is 0.189. The van der Waals surface area contributed by atoms with Crippen molar-refractivity contribution in [3.05, 3.63) is 59.9 Å². The zero-order chi connectivity index (χ0) is 22.1. The van der Waals surface area contributed by atoms with E-state index >= 15 is 0 Å². The van der Waals surface area contributed by atoms with Crippen LogP contribution in [0.1, 0.15) is 17.8 Å². The molecule has 0 unspecified atom stereocenters. The Hall–Kier alpha value is -3.68. The number of hydrogen-bond acceptors (Lipinski definition) is 6. The third kappa shape index (κ3) is 3.84. The molecule has 164 valence electrons. The van der Waals surface area contributed by atoms with Gasteiger partial charge in [0.1, 0.15) is 11.6 Å². The van der Waals surface area contributed by atoms with Crippen LogP contribution in [-0.2, 0) is 11.2 Å². The first kappa shape index (κ1) is 20.2. The van der Waals surface area contributed by atoms with Crippen molar-refractivity contribution in [2.24, 2.45) is 0 Å². The monoisotopic (exact) mass is 430 g/mol. The quantitative estimate of drug-likeness (QED) is 0.485. The van der Waals surface area contributed by atoms with Crippen molar-refractivity contribution in [2.75, 3.05) is 38.2 Å². The van der Waals surface area contributed by atoms with Gasteiger partial charge in [-0.15, -0.1) is 5.10 Å². The van der Waals surface area contributed by atoms with Gasteiger partial charge < -0.3 is 14.5 Å². The summed E-state index contributed by atoms with van der Waals surface area (Å²) in [6.45, 7) is 4.67. The fraction of sp³-hybridized carbons (Fsp3) is 0.333. The van der Waals surface area contributed by atoms with E-state index in [1.807, 2.05) is 64.9 Å². The first-order valence-electron chi connectivity index (χ1n) is 10.9. The van der Waals surface area contributed by atoms with E-state index in [9.17, 15) is 4.79 Å². The van der Waals surface area contributed by atoms with Crippen LogP contribution in [0.4, 0.5) is 5.95 Å². The van der Waals surface area contributed by atoms with E-state index in [1.54, 1.807) is 7.11 Å². The van der Waals surface area contributed by atoms with E-state index in [0.717, 1.165) is 46.1 Å². The molecule has 4 aromatic rings. The number of aryl methyl sites for hydroxylation is 2. The smallest absolute Gasteiger partial charge is 0.229 e. The van der Waals surface area contributed by atoms with E-state index in [4.69, 9.17) is 9.72 Å². The Kier molecular flexibility index (Phi) is 5.34. The number of hydrogen-bond donors (Lipinski definition) is 0. The molecule has 1 aliphatic heterocycles. The van der Waals surface area contributed by atoms with Crippen LogP contribution in [0.5, 0.6) is 5.75 Å². The van der Waals surface area contributed by atoms with Crippen LogP contribution in [0.15, 0.2) is 48.5 Å². The van der Waals surface area contributed by atoms with Crippen LogP contribution in [-0.4, -0.2) is 63.7 Å². The highest BCUT2D eigenvalue weighted by Gasteiger charge is 2.24. The molecule has 0 radical (unpaired) electrons. The number of aromatic nitrogens is 4. The van der Waals surface area contributed by atoms with E-state index in [-0.39, 0.29) is 5.91 Å². The summed E-state index contributed by atoms with van der Waals surface area (Å²) >= 11 is 0. The number of para-hydroxylation sites is 1. The van der Waals surface area contributed by atoms with Gasteiger partial charge in [0.05, 0.1) is 12.6 Å². The summed E-state index contributed by atoms with van der Waals surface area (Å²) in [5, 5.41) is 5.57. The fourth-order valence-electron chi connectivity index (χ4n) is 4.21. The highest BCUT2D eigenvalue weighted by atomic mass is 16.5. The Morgan fingerprint density at radius 3 is 2.50 bits per heavy atom. The highest BCUT2D eigenvalue weighted by Crippen LogP contribution is 2.23. The minimum atomic E-state index is 0.189. The minimum Gasteiger partial charge on any atom is -0.497 e. The van der Waals surface area contributed by atoms with Gasteiger partial charge in [-0.3, -0.25) is 4.79 Å². The Bertz CT molecular complexity index is 1260. The summed E-state index contributed by atoms with van der Waals surface area (Å²) in [5.74, 6) is 2.52. The van der Waals surface area contributed by atoms with Crippen LogP contribution in [0, 0.1) is 6.92 Å². The number of carbonyl (C=O) groups is 1. The molecular weight excluding hydrogens is 404 g/mol. The van der Waals surface area contributed by atoms with Crippen molar-refractivity contribution in [3.8, 4) is 5.75 Å². The highest BCUT2D eigenvalue weighted by molar-refractivity contribution is 5.92. The van der Waals surface area contributed by atoms with Gasteiger partial charge in [-0.05, 0) is 43.2 Å².